The Bertz CT molecular complexity index is 425. The lowest BCUT2D eigenvalue weighted by Gasteiger charge is -2.17. The first-order chi connectivity index (χ1) is 9.06. The van der Waals surface area contributed by atoms with Crippen LogP contribution in [0.4, 0.5) is 0 Å². The van der Waals surface area contributed by atoms with Crippen molar-refractivity contribution in [3.8, 4) is 0 Å². The molecule has 1 aliphatic heterocycles. The molecule has 1 heterocycles. The quantitative estimate of drug-likeness (QED) is 0.884. The zero-order valence-corrected chi connectivity index (χ0v) is 11.8. The van der Waals surface area contributed by atoms with Crippen molar-refractivity contribution in [3.63, 3.8) is 0 Å². The van der Waals surface area contributed by atoms with Crippen molar-refractivity contribution in [2.24, 2.45) is 5.92 Å². The number of carboxylic acids is 1. The lowest BCUT2D eigenvalue weighted by atomic mass is 9.97. The molecule has 3 heteroatoms. The van der Waals surface area contributed by atoms with E-state index >= 15 is 0 Å². The molecule has 0 amide bonds. The number of hydrogen-bond donors (Lipinski definition) is 1. The highest BCUT2D eigenvalue weighted by atomic mass is 16.4. The molecule has 3 nitrogen and oxygen atoms in total. The number of benzene rings is 1. The summed E-state index contributed by atoms with van der Waals surface area (Å²) in [5.41, 5.74) is 1.65. The van der Waals surface area contributed by atoms with E-state index < -0.39 is 5.97 Å². The normalized spacial score (nSPS) is 20.1. The number of rotatable bonds is 5. The number of aromatic carboxylic acids is 1. The van der Waals surface area contributed by atoms with Gasteiger partial charge in [0.1, 0.15) is 0 Å². The van der Waals surface area contributed by atoms with E-state index in [0.717, 1.165) is 19.0 Å². The van der Waals surface area contributed by atoms with Gasteiger partial charge >= 0.3 is 5.97 Å². The van der Waals surface area contributed by atoms with E-state index in [9.17, 15) is 4.79 Å². The predicted molar refractivity (Wildman–Crippen MR) is 76.7 cm³/mol. The highest BCUT2D eigenvalue weighted by molar-refractivity contribution is 5.87. The summed E-state index contributed by atoms with van der Waals surface area (Å²) >= 11 is 0. The van der Waals surface area contributed by atoms with Gasteiger partial charge in [-0.2, -0.15) is 0 Å². The standard InChI is InChI=1S/C16H23NO2/c1-12(2)7-9-17-10-8-15(11-17)13-3-5-14(6-4-13)16(18)19/h3-6,12,15H,7-11H2,1-2H3,(H,18,19). The minimum absolute atomic E-state index is 0.374. The lowest BCUT2D eigenvalue weighted by Crippen LogP contribution is -2.22. The molecule has 0 aliphatic carbocycles. The predicted octanol–water partition coefficient (Wildman–Crippen LogP) is 3.22. The van der Waals surface area contributed by atoms with Crippen LogP contribution in [-0.2, 0) is 0 Å². The molecule has 1 N–H and O–H groups in total. The highest BCUT2D eigenvalue weighted by Gasteiger charge is 2.23. The summed E-state index contributed by atoms with van der Waals surface area (Å²) in [5, 5.41) is 8.90. The van der Waals surface area contributed by atoms with Gasteiger partial charge in [0.2, 0.25) is 0 Å². The molecule has 104 valence electrons. The fourth-order valence-electron chi connectivity index (χ4n) is 2.65. The van der Waals surface area contributed by atoms with Crippen LogP contribution in [0.2, 0.25) is 0 Å². The summed E-state index contributed by atoms with van der Waals surface area (Å²) in [6.45, 7) is 7.98. The van der Waals surface area contributed by atoms with Gasteiger partial charge in [0.25, 0.3) is 0 Å². The van der Waals surface area contributed by atoms with E-state index in [1.807, 2.05) is 12.1 Å². The van der Waals surface area contributed by atoms with E-state index in [-0.39, 0.29) is 0 Å². The van der Waals surface area contributed by atoms with Gasteiger partial charge in [0.15, 0.2) is 0 Å². The van der Waals surface area contributed by atoms with Crippen LogP contribution in [0.15, 0.2) is 24.3 Å². The monoisotopic (exact) mass is 261 g/mol. The first kappa shape index (κ1) is 14.1. The molecule has 1 fully saturated rings. The molecule has 19 heavy (non-hydrogen) atoms. The molecule has 1 atom stereocenters. The summed E-state index contributed by atoms with van der Waals surface area (Å²) in [4.78, 5) is 13.3. The molecular weight excluding hydrogens is 238 g/mol. The average Bonchev–Trinajstić information content (AvgIpc) is 2.85. The van der Waals surface area contributed by atoms with Crippen LogP contribution in [0.25, 0.3) is 0 Å². The molecule has 1 saturated heterocycles. The van der Waals surface area contributed by atoms with Crippen molar-refractivity contribution in [3.05, 3.63) is 35.4 Å². The topological polar surface area (TPSA) is 40.5 Å². The number of carboxylic acid groups (broad SMARTS) is 1. The molecule has 0 aromatic heterocycles. The summed E-state index contributed by atoms with van der Waals surface area (Å²) in [5.74, 6) is 0.473. The largest absolute Gasteiger partial charge is 0.478 e. The van der Waals surface area contributed by atoms with Gasteiger partial charge < -0.3 is 10.0 Å². The van der Waals surface area contributed by atoms with Gasteiger partial charge in [-0.15, -0.1) is 0 Å². The van der Waals surface area contributed by atoms with Crippen molar-refractivity contribution in [1.29, 1.82) is 0 Å². The van der Waals surface area contributed by atoms with Crippen molar-refractivity contribution in [2.45, 2.75) is 32.6 Å². The maximum absolute atomic E-state index is 10.8. The zero-order valence-electron chi connectivity index (χ0n) is 11.8. The molecule has 1 aromatic carbocycles. The first-order valence-corrected chi connectivity index (χ1v) is 7.12. The third kappa shape index (κ3) is 3.80. The summed E-state index contributed by atoms with van der Waals surface area (Å²) < 4.78 is 0. The van der Waals surface area contributed by atoms with Crippen LogP contribution in [0.3, 0.4) is 0 Å². The van der Waals surface area contributed by atoms with Crippen LogP contribution in [0.5, 0.6) is 0 Å². The van der Waals surface area contributed by atoms with Crippen LogP contribution in [0.1, 0.15) is 48.5 Å². The number of carbonyl (C=O) groups is 1. The summed E-state index contributed by atoms with van der Waals surface area (Å²) in [6.07, 6.45) is 2.44. The smallest absolute Gasteiger partial charge is 0.335 e. The molecule has 0 bridgehead atoms. The zero-order chi connectivity index (χ0) is 13.8. The molecule has 0 spiro atoms. The van der Waals surface area contributed by atoms with E-state index in [1.54, 1.807) is 12.1 Å². The molecule has 0 saturated carbocycles. The van der Waals surface area contributed by atoms with Crippen molar-refractivity contribution in [2.75, 3.05) is 19.6 Å². The van der Waals surface area contributed by atoms with Gasteiger partial charge in [-0.1, -0.05) is 26.0 Å². The molecule has 0 radical (unpaired) electrons. The van der Waals surface area contributed by atoms with Gasteiger partial charge in [-0.25, -0.2) is 4.79 Å². The van der Waals surface area contributed by atoms with Gasteiger partial charge in [-0.3, -0.25) is 0 Å². The second kappa shape index (κ2) is 6.20. The number of hydrogen-bond acceptors (Lipinski definition) is 2. The van der Waals surface area contributed by atoms with Crippen molar-refractivity contribution in [1.82, 2.24) is 4.90 Å². The third-order valence-corrected chi connectivity index (χ3v) is 3.92. The fourth-order valence-corrected chi connectivity index (χ4v) is 2.65. The highest BCUT2D eigenvalue weighted by Crippen LogP contribution is 2.27. The van der Waals surface area contributed by atoms with E-state index in [2.05, 4.69) is 18.7 Å². The minimum Gasteiger partial charge on any atom is -0.478 e. The Kier molecular flexibility index (Phi) is 4.59. The Hall–Kier alpha value is -1.35. The third-order valence-electron chi connectivity index (χ3n) is 3.92. The van der Waals surface area contributed by atoms with Crippen LogP contribution < -0.4 is 0 Å². The molecule has 1 aliphatic rings. The Balaban J connectivity index is 1.91. The Morgan fingerprint density at radius 2 is 2.05 bits per heavy atom. The van der Waals surface area contributed by atoms with Crippen molar-refractivity contribution < 1.29 is 9.90 Å². The van der Waals surface area contributed by atoms with E-state index in [1.165, 1.54) is 24.9 Å². The maximum Gasteiger partial charge on any atom is 0.335 e. The molecule has 2 rings (SSSR count). The molecule has 1 unspecified atom stereocenters. The van der Waals surface area contributed by atoms with Gasteiger partial charge in [0, 0.05) is 6.54 Å². The summed E-state index contributed by atoms with van der Waals surface area (Å²) in [6, 6.07) is 7.38. The number of likely N-dealkylation sites (tertiary alicyclic amines) is 1. The Morgan fingerprint density at radius 1 is 1.37 bits per heavy atom. The van der Waals surface area contributed by atoms with Crippen LogP contribution in [0, 0.1) is 5.92 Å². The Labute approximate surface area is 115 Å². The molecular formula is C16H23NO2. The minimum atomic E-state index is -0.850. The van der Waals surface area contributed by atoms with Crippen LogP contribution in [-0.4, -0.2) is 35.6 Å². The van der Waals surface area contributed by atoms with E-state index in [4.69, 9.17) is 5.11 Å². The number of nitrogens with zero attached hydrogens (tertiary/aromatic N) is 1. The van der Waals surface area contributed by atoms with Crippen molar-refractivity contribution >= 4 is 5.97 Å². The van der Waals surface area contributed by atoms with Gasteiger partial charge in [0.05, 0.1) is 5.56 Å². The fraction of sp³-hybridized carbons (Fsp3) is 0.562. The first-order valence-electron chi connectivity index (χ1n) is 7.12. The van der Waals surface area contributed by atoms with Gasteiger partial charge in [-0.05, 0) is 55.5 Å². The lowest BCUT2D eigenvalue weighted by molar-refractivity contribution is 0.0697. The summed E-state index contributed by atoms with van der Waals surface area (Å²) in [7, 11) is 0. The van der Waals surface area contributed by atoms with Crippen LogP contribution >= 0.6 is 0 Å². The average molecular weight is 261 g/mol. The Morgan fingerprint density at radius 3 is 2.63 bits per heavy atom. The SMILES string of the molecule is CC(C)CCN1CCC(c2ccc(C(=O)O)cc2)C1. The second-order valence-corrected chi connectivity index (χ2v) is 5.90. The van der Waals surface area contributed by atoms with E-state index in [0.29, 0.717) is 11.5 Å². The maximum atomic E-state index is 10.8. The molecule has 1 aromatic rings. The second-order valence-electron chi connectivity index (χ2n) is 5.90.